The van der Waals surface area contributed by atoms with E-state index in [2.05, 4.69) is 5.32 Å². The monoisotopic (exact) mass is 284 g/mol. The molecule has 0 bridgehead atoms. The van der Waals surface area contributed by atoms with Crippen LogP contribution in [0.3, 0.4) is 0 Å². The summed E-state index contributed by atoms with van der Waals surface area (Å²) in [6, 6.07) is 6.73. The third kappa shape index (κ3) is 5.94. The fourth-order valence-electron chi connectivity index (χ4n) is 1.63. The van der Waals surface area contributed by atoms with Crippen LogP contribution in [0.2, 0.25) is 5.02 Å². The van der Waals surface area contributed by atoms with Crippen LogP contribution < -0.4 is 15.8 Å². The summed E-state index contributed by atoms with van der Waals surface area (Å²) in [7, 11) is 0. The molecule has 4 nitrogen and oxygen atoms in total. The molecule has 0 aliphatic carbocycles. The number of nitrogens with one attached hydrogen (secondary N) is 1. The molecule has 1 aromatic carbocycles. The summed E-state index contributed by atoms with van der Waals surface area (Å²) in [5, 5.41) is 3.40. The molecule has 2 atom stereocenters. The summed E-state index contributed by atoms with van der Waals surface area (Å²) < 4.78 is 5.65. The topological polar surface area (TPSA) is 64.4 Å². The first-order chi connectivity index (χ1) is 9.02. The highest BCUT2D eigenvalue weighted by atomic mass is 35.5. The lowest BCUT2D eigenvalue weighted by Gasteiger charge is -2.17. The Bertz CT molecular complexity index is 412. The van der Waals surface area contributed by atoms with Crippen molar-refractivity contribution in [3.8, 4) is 5.75 Å². The number of benzene rings is 1. The van der Waals surface area contributed by atoms with E-state index >= 15 is 0 Å². The number of hydrogen-bond acceptors (Lipinski definition) is 3. The van der Waals surface area contributed by atoms with Gasteiger partial charge in [-0.25, -0.2) is 0 Å². The first-order valence-corrected chi connectivity index (χ1v) is 6.86. The summed E-state index contributed by atoms with van der Waals surface area (Å²) in [4.78, 5) is 11.6. The predicted molar refractivity (Wildman–Crippen MR) is 77.4 cm³/mol. The van der Waals surface area contributed by atoms with E-state index in [1.54, 1.807) is 12.1 Å². The number of hydrogen-bond donors (Lipinski definition) is 2. The van der Waals surface area contributed by atoms with Crippen molar-refractivity contribution < 1.29 is 9.53 Å². The number of rotatable bonds is 7. The lowest BCUT2D eigenvalue weighted by molar-refractivity contribution is -0.122. The van der Waals surface area contributed by atoms with Crippen molar-refractivity contribution in [3.63, 3.8) is 0 Å². The molecule has 0 saturated carbocycles. The fraction of sp³-hybridized carbons (Fsp3) is 0.500. The fourth-order valence-corrected chi connectivity index (χ4v) is 1.81. The Balaban J connectivity index is 2.35. The summed E-state index contributed by atoms with van der Waals surface area (Å²) in [6.45, 7) is 4.30. The van der Waals surface area contributed by atoms with Crippen LogP contribution in [-0.2, 0) is 4.79 Å². The molecule has 19 heavy (non-hydrogen) atoms. The Morgan fingerprint density at radius 1 is 1.53 bits per heavy atom. The van der Waals surface area contributed by atoms with Gasteiger partial charge in [0.25, 0.3) is 0 Å². The highest BCUT2D eigenvalue weighted by molar-refractivity contribution is 6.30. The number of carbonyl (C=O) groups is 1. The lowest BCUT2D eigenvalue weighted by atomic mass is 10.1. The number of amides is 1. The Morgan fingerprint density at radius 2 is 2.26 bits per heavy atom. The first-order valence-electron chi connectivity index (χ1n) is 6.48. The minimum atomic E-state index is -0.441. The zero-order valence-electron chi connectivity index (χ0n) is 11.4. The minimum Gasteiger partial charge on any atom is -0.489 e. The van der Waals surface area contributed by atoms with Gasteiger partial charge in [0.1, 0.15) is 11.9 Å². The van der Waals surface area contributed by atoms with E-state index in [1.165, 1.54) is 0 Å². The van der Waals surface area contributed by atoms with Gasteiger partial charge in [0.05, 0.1) is 12.6 Å². The molecule has 1 rings (SSSR count). The number of carbonyl (C=O) groups excluding carboxylic acids is 1. The van der Waals surface area contributed by atoms with Gasteiger partial charge in [-0.2, -0.15) is 0 Å². The van der Waals surface area contributed by atoms with Crippen molar-refractivity contribution in [1.29, 1.82) is 0 Å². The molecule has 2 unspecified atom stereocenters. The molecule has 0 aliphatic rings. The molecule has 1 aromatic rings. The largest absolute Gasteiger partial charge is 0.489 e. The maximum atomic E-state index is 11.6. The Hall–Kier alpha value is -1.26. The molecular weight excluding hydrogens is 264 g/mol. The van der Waals surface area contributed by atoms with Crippen molar-refractivity contribution in [3.05, 3.63) is 29.3 Å². The molecule has 1 amide bonds. The zero-order valence-corrected chi connectivity index (χ0v) is 12.1. The van der Waals surface area contributed by atoms with Gasteiger partial charge in [-0.05, 0) is 31.5 Å². The predicted octanol–water partition coefficient (Wildman–Crippen LogP) is 2.35. The van der Waals surface area contributed by atoms with Gasteiger partial charge in [-0.1, -0.05) is 31.0 Å². The molecule has 5 heteroatoms. The third-order valence-electron chi connectivity index (χ3n) is 2.63. The molecule has 0 aliphatic heterocycles. The van der Waals surface area contributed by atoms with Gasteiger partial charge < -0.3 is 15.8 Å². The average Bonchev–Trinajstić information content (AvgIpc) is 2.36. The van der Waals surface area contributed by atoms with Gasteiger partial charge in [0, 0.05) is 5.02 Å². The molecule has 0 fully saturated rings. The summed E-state index contributed by atoms with van der Waals surface area (Å²) in [5.74, 6) is 0.551. The summed E-state index contributed by atoms with van der Waals surface area (Å²) in [6.07, 6.45) is 1.44. The minimum absolute atomic E-state index is 0.136. The Kier molecular flexibility index (Phi) is 6.67. The second kappa shape index (κ2) is 8.02. The van der Waals surface area contributed by atoms with Crippen LogP contribution >= 0.6 is 11.6 Å². The van der Waals surface area contributed by atoms with Crippen molar-refractivity contribution in [2.45, 2.75) is 38.8 Å². The zero-order chi connectivity index (χ0) is 14.3. The molecule has 106 valence electrons. The second-order valence-electron chi connectivity index (χ2n) is 4.53. The quantitative estimate of drug-likeness (QED) is 0.808. The first kappa shape index (κ1) is 15.8. The van der Waals surface area contributed by atoms with Crippen molar-refractivity contribution >= 4 is 17.5 Å². The normalized spacial score (nSPS) is 13.7. The van der Waals surface area contributed by atoms with Gasteiger partial charge in [0.15, 0.2) is 0 Å². The maximum absolute atomic E-state index is 11.6. The van der Waals surface area contributed by atoms with Crippen LogP contribution in [0.4, 0.5) is 0 Å². The molecule has 0 radical (unpaired) electrons. The number of nitrogens with two attached hydrogens (primary N) is 1. The molecule has 0 heterocycles. The lowest BCUT2D eigenvalue weighted by Crippen LogP contribution is -2.43. The highest BCUT2D eigenvalue weighted by Crippen LogP contribution is 2.18. The van der Waals surface area contributed by atoms with Crippen LogP contribution in [0.15, 0.2) is 24.3 Å². The van der Waals surface area contributed by atoms with Crippen LogP contribution in [0.25, 0.3) is 0 Å². The second-order valence-corrected chi connectivity index (χ2v) is 4.96. The van der Waals surface area contributed by atoms with Gasteiger partial charge >= 0.3 is 0 Å². The highest BCUT2D eigenvalue weighted by Gasteiger charge is 2.13. The maximum Gasteiger partial charge on any atom is 0.237 e. The summed E-state index contributed by atoms with van der Waals surface area (Å²) in [5.41, 5.74) is 5.72. The van der Waals surface area contributed by atoms with Crippen molar-refractivity contribution in [2.75, 3.05) is 6.54 Å². The van der Waals surface area contributed by atoms with E-state index in [0.29, 0.717) is 23.7 Å². The van der Waals surface area contributed by atoms with Crippen LogP contribution in [-0.4, -0.2) is 24.6 Å². The van der Waals surface area contributed by atoms with Crippen LogP contribution in [0, 0.1) is 0 Å². The average molecular weight is 285 g/mol. The third-order valence-corrected chi connectivity index (χ3v) is 2.87. The van der Waals surface area contributed by atoms with E-state index in [4.69, 9.17) is 22.1 Å². The Morgan fingerprint density at radius 3 is 2.89 bits per heavy atom. The van der Waals surface area contributed by atoms with E-state index in [1.807, 2.05) is 26.0 Å². The smallest absolute Gasteiger partial charge is 0.237 e. The number of halogens is 1. The molecule has 0 spiro atoms. The van der Waals surface area contributed by atoms with E-state index in [-0.39, 0.29) is 12.0 Å². The van der Waals surface area contributed by atoms with E-state index in [9.17, 15) is 4.79 Å². The summed E-state index contributed by atoms with van der Waals surface area (Å²) >= 11 is 5.87. The Labute approximate surface area is 119 Å². The molecule has 0 aromatic heterocycles. The SMILES string of the molecule is CCCC(N)C(=O)NCC(C)Oc1cccc(Cl)c1. The molecule has 3 N–H and O–H groups in total. The van der Waals surface area contributed by atoms with Crippen LogP contribution in [0.5, 0.6) is 5.75 Å². The standard InChI is InChI=1S/C14H21ClN2O2/c1-3-5-13(16)14(18)17-9-10(2)19-12-7-4-6-11(15)8-12/h4,6-8,10,13H,3,5,9,16H2,1-2H3,(H,17,18). The molecular formula is C14H21ClN2O2. The van der Waals surface area contributed by atoms with Gasteiger partial charge in [0.2, 0.25) is 5.91 Å². The van der Waals surface area contributed by atoms with Gasteiger partial charge in [-0.15, -0.1) is 0 Å². The van der Waals surface area contributed by atoms with Crippen LogP contribution in [0.1, 0.15) is 26.7 Å². The van der Waals surface area contributed by atoms with E-state index in [0.717, 1.165) is 6.42 Å². The molecule has 0 saturated heterocycles. The van der Waals surface area contributed by atoms with Gasteiger partial charge in [-0.3, -0.25) is 4.79 Å². The number of ether oxygens (including phenoxy) is 1. The van der Waals surface area contributed by atoms with Crippen molar-refractivity contribution in [2.24, 2.45) is 5.73 Å². The van der Waals surface area contributed by atoms with Crippen molar-refractivity contribution in [1.82, 2.24) is 5.32 Å². The van der Waals surface area contributed by atoms with E-state index < -0.39 is 6.04 Å².